The third kappa shape index (κ3) is 6.57. The zero-order valence-corrected chi connectivity index (χ0v) is 19.2. The summed E-state index contributed by atoms with van der Waals surface area (Å²) in [6, 6.07) is 10.7. The predicted octanol–water partition coefficient (Wildman–Crippen LogP) is 7.58. The van der Waals surface area contributed by atoms with Crippen molar-refractivity contribution in [3.05, 3.63) is 45.9 Å². The molecule has 0 amide bonds. The molecule has 2 rings (SSSR count). The molecule has 2 nitrogen and oxygen atoms in total. The van der Waals surface area contributed by atoms with Gasteiger partial charge in [0.05, 0.1) is 13.2 Å². The highest BCUT2D eigenvalue weighted by atomic mass is 79.9. The first-order valence-corrected chi connectivity index (χ1v) is 10.7. The van der Waals surface area contributed by atoms with Gasteiger partial charge in [-0.05, 0) is 61.8 Å². The first-order chi connectivity index (χ1) is 12.8. The second kappa shape index (κ2) is 10.2. The van der Waals surface area contributed by atoms with Crippen LogP contribution < -0.4 is 9.47 Å². The standard InChI is InChI=1S/C24H33BrO2/c1-16(2)9-11-26-23-14-21(20-13-18(5)7-8-19(20)6)22(25)15-24(23)27-12-10-17(3)4/h7-8,13-17H,9-12H2,1-6H3. The van der Waals surface area contributed by atoms with Crippen molar-refractivity contribution < 1.29 is 9.47 Å². The van der Waals surface area contributed by atoms with E-state index in [1.54, 1.807) is 0 Å². The van der Waals surface area contributed by atoms with Crippen LogP contribution in [0.15, 0.2) is 34.8 Å². The van der Waals surface area contributed by atoms with Gasteiger partial charge in [0.2, 0.25) is 0 Å². The maximum atomic E-state index is 6.15. The molecule has 3 heteroatoms. The molecule has 0 N–H and O–H groups in total. The Kier molecular flexibility index (Phi) is 8.22. The Bertz CT molecular complexity index is 750. The molecule has 0 spiro atoms. The molecule has 148 valence electrons. The third-order valence-corrected chi connectivity index (χ3v) is 5.28. The Hall–Kier alpha value is -1.48. The number of aryl methyl sites for hydroxylation is 2. The fraction of sp³-hybridized carbons (Fsp3) is 0.500. The second-order valence-corrected chi connectivity index (χ2v) is 9.01. The van der Waals surface area contributed by atoms with Gasteiger partial charge in [0.15, 0.2) is 11.5 Å². The first kappa shape index (κ1) is 21.8. The van der Waals surface area contributed by atoms with Crippen LogP contribution in [-0.4, -0.2) is 13.2 Å². The molecule has 0 radical (unpaired) electrons. The quantitative estimate of drug-likeness (QED) is 0.406. The molecule has 0 unspecified atom stereocenters. The minimum absolute atomic E-state index is 0.615. The number of halogens is 1. The van der Waals surface area contributed by atoms with E-state index in [1.807, 2.05) is 0 Å². The van der Waals surface area contributed by atoms with E-state index in [-0.39, 0.29) is 0 Å². The van der Waals surface area contributed by atoms with Crippen molar-refractivity contribution in [1.82, 2.24) is 0 Å². The number of hydrogen-bond donors (Lipinski definition) is 0. The van der Waals surface area contributed by atoms with Crippen LogP contribution in [0, 0.1) is 25.7 Å². The molecule has 27 heavy (non-hydrogen) atoms. The van der Waals surface area contributed by atoms with Gasteiger partial charge >= 0.3 is 0 Å². The summed E-state index contributed by atoms with van der Waals surface area (Å²) in [4.78, 5) is 0. The first-order valence-electron chi connectivity index (χ1n) is 9.94. The van der Waals surface area contributed by atoms with Crippen molar-refractivity contribution in [3.8, 4) is 22.6 Å². The maximum absolute atomic E-state index is 6.15. The minimum Gasteiger partial charge on any atom is -0.490 e. The molecule has 0 saturated carbocycles. The predicted molar refractivity (Wildman–Crippen MR) is 119 cm³/mol. The number of ether oxygens (including phenoxy) is 2. The Labute approximate surface area is 173 Å². The molecule has 0 bridgehead atoms. The van der Waals surface area contributed by atoms with Crippen LogP contribution in [0.3, 0.4) is 0 Å². The number of rotatable bonds is 9. The van der Waals surface area contributed by atoms with E-state index in [0.717, 1.165) is 34.4 Å². The SMILES string of the molecule is Cc1ccc(C)c(-c2cc(OCCC(C)C)c(OCCC(C)C)cc2Br)c1. The smallest absolute Gasteiger partial charge is 0.162 e. The summed E-state index contributed by atoms with van der Waals surface area (Å²) in [6.07, 6.45) is 2.06. The summed E-state index contributed by atoms with van der Waals surface area (Å²) in [5, 5.41) is 0. The highest BCUT2D eigenvalue weighted by Crippen LogP contribution is 2.40. The highest BCUT2D eigenvalue weighted by Gasteiger charge is 2.15. The van der Waals surface area contributed by atoms with Crippen molar-refractivity contribution in [2.45, 2.75) is 54.4 Å². The minimum atomic E-state index is 0.615. The van der Waals surface area contributed by atoms with Crippen molar-refractivity contribution in [3.63, 3.8) is 0 Å². The van der Waals surface area contributed by atoms with Crippen LogP contribution in [0.2, 0.25) is 0 Å². The Morgan fingerprint density at radius 2 is 1.33 bits per heavy atom. The highest BCUT2D eigenvalue weighted by molar-refractivity contribution is 9.10. The molecule has 0 fully saturated rings. The molecular formula is C24H33BrO2. The molecule has 0 aliphatic rings. The largest absolute Gasteiger partial charge is 0.490 e. The fourth-order valence-electron chi connectivity index (χ4n) is 2.80. The van der Waals surface area contributed by atoms with Gasteiger partial charge in [0.1, 0.15) is 0 Å². The van der Waals surface area contributed by atoms with E-state index in [0.29, 0.717) is 25.0 Å². The maximum Gasteiger partial charge on any atom is 0.162 e. The molecular weight excluding hydrogens is 400 g/mol. The summed E-state index contributed by atoms with van der Waals surface area (Å²) < 4.78 is 13.3. The van der Waals surface area contributed by atoms with E-state index in [4.69, 9.17) is 9.47 Å². The number of benzene rings is 2. The fourth-order valence-corrected chi connectivity index (χ4v) is 3.34. The van der Waals surface area contributed by atoms with Crippen LogP contribution in [0.25, 0.3) is 11.1 Å². The Balaban J connectivity index is 2.36. The van der Waals surface area contributed by atoms with E-state index >= 15 is 0 Å². The average molecular weight is 433 g/mol. The summed E-state index contributed by atoms with van der Waals surface area (Å²) in [5.74, 6) is 2.89. The van der Waals surface area contributed by atoms with Gasteiger partial charge < -0.3 is 9.47 Å². The summed E-state index contributed by atoms with van der Waals surface area (Å²) in [5.41, 5.74) is 4.88. The van der Waals surface area contributed by atoms with Gasteiger partial charge in [-0.2, -0.15) is 0 Å². The molecule has 2 aromatic rings. The van der Waals surface area contributed by atoms with Crippen LogP contribution in [0.4, 0.5) is 0 Å². The van der Waals surface area contributed by atoms with E-state index in [2.05, 4.69) is 87.8 Å². The van der Waals surface area contributed by atoms with Gasteiger partial charge in [0.25, 0.3) is 0 Å². The van der Waals surface area contributed by atoms with Crippen LogP contribution in [0.1, 0.15) is 51.7 Å². The molecule has 0 heterocycles. The van der Waals surface area contributed by atoms with Crippen molar-refractivity contribution in [2.75, 3.05) is 13.2 Å². The average Bonchev–Trinajstić information content (AvgIpc) is 2.58. The van der Waals surface area contributed by atoms with Crippen molar-refractivity contribution >= 4 is 15.9 Å². The van der Waals surface area contributed by atoms with E-state index in [1.165, 1.54) is 16.7 Å². The summed E-state index contributed by atoms with van der Waals surface area (Å²) >= 11 is 3.75. The monoisotopic (exact) mass is 432 g/mol. The lowest BCUT2D eigenvalue weighted by atomic mass is 9.98. The zero-order valence-electron chi connectivity index (χ0n) is 17.6. The third-order valence-electron chi connectivity index (χ3n) is 4.62. The molecule has 2 aromatic carbocycles. The topological polar surface area (TPSA) is 18.5 Å². The second-order valence-electron chi connectivity index (χ2n) is 8.16. The molecule has 0 aliphatic heterocycles. The molecule has 0 aromatic heterocycles. The van der Waals surface area contributed by atoms with Gasteiger partial charge in [-0.15, -0.1) is 0 Å². The van der Waals surface area contributed by atoms with E-state index < -0.39 is 0 Å². The van der Waals surface area contributed by atoms with Gasteiger partial charge in [-0.25, -0.2) is 0 Å². The molecule has 0 atom stereocenters. The van der Waals surface area contributed by atoms with Crippen LogP contribution in [-0.2, 0) is 0 Å². The lowest BCUT2D eigenvalue weighted by Crippen LogP contribution is -2.06. The summed E-state index contributed by atoms with van der Waals surface area (Å²) in [6.45, 7) is 14.5. The van der Waals surface area contributed by atoms with Crippen molar-refractivity contribution in [1.29, 1.82) is 0 Å². The van der Waals surface area contributed by atoms with Crippen LogP contribution in [0.5, 0.6) is 11.5 Å². The van der Waals surface area contributed by atoms with E-state index in [9.17, 15) is 0 Å². The lowest BCUT2D eigenvalue weighted by Gasteiger charge is -2.18. The van der Waals surface area contributed by atoms with Gasteiger partial charge in [-0.3, -0.25) is 0 Å². The zero-order chi connectivity index (χ0) is 20.0. The van der Waals surface area contributed by atoms with Gasteiger partial charge in [-0.1, -0.05) is 67.4 Å². The molecule has 0 saturated heterocycles. The van der Waals surface area contributed by atoms with Crippen molar-refractivity contribution in [2.24, 2.45) is 11.8 Å². The van der Waals surface area contributed by atoms with Crippen LogP contribution >= 0.6 is 15.9 Å². The number of hydrogen-bond acceptors (Lipinski definition) is 2. The summed E-state index contributed by atoms with van der Waals surface area (Å²) in [7, 11) is 0. The Morgan fingerprint density at radius 1 is 0.778 bits per heavy atom. The lowest BCUT2D eigenvalue weighted by molar-refractivity contribution is 0.246. The van der Waals surface area contributed by atoms with Gasteiger partial charge in [0, 0.05) is 10.0 Å². The normalized spacial score (nSPS) is 11.3. The Morgan fingerprint density at radius 3 is 1.89 bits per heavy atom. The molecule has 0 aliphatic carbocycles.